The number of aromatic nitrogens is 1. The third kappa shape index (κ3) is 7.09. The molecule has 2 aromatic carbocycles. The molecule has 1 aromatic heterocycles. The predicted octanol–water partition coefficient (Wildman–Crippen LogP) is 6.94. The lowest BCUT2D eigenvalue weighted by Gasteiger charge is -2.24. The summed E-state index contributed by atoms with van der Waals surface area (Å²) in [4.78, 5) is 46.6. The number of benzene rings is 2. The number of fused-ring (bicyclic) bond motifs is 1. The van der Waals surface area contributed by atoms with E-state index in [0.717, 1.165) is 29.5 Å². The van der Waals surface area contributed by atoms with Crippen molar-refractivity contribution in [3.63, 3.8) is 0 Å². The van der Waals surface area contributed by atoms with Gasteiger partial charge in [0.15, 0.2) is 5.78 Å². The van der Waals surface area contributed by atoms with Crippen LogP contribution >= 0.6 is 0 Å². The average Bonchev–Trinajstić information content (AvgIpc) is 3.63. The first-order chi connectivity index (χ1) is 22.3. The summed E-state index contributed by atoms with van der Waals surface area (Å²) in [5.74, 6) is 0.479. The average molecular weight is 627 g/mol. The largest absolute Gasteiger partial charge is 0.497 e. The first-order valence-corrected chi connectivity index (χ1v) is 15.9. The summed E-state index contributed by atoms with van der Waals surface area (Å²) in [7, 11) is 1.60. The molecule has 0 unspecified atom stereocenters. The molecular formula is C37H42N2O7. The van der Waals surface area contributed by atoms with E-state index in [1.165, 1.54) is 4.90 Å². The number of Topliss-reactive ketones (excluding diaryl/α,β-unsaturated/α-hetero) is 1. The Morgan fingerprint density at radius 3 is 2.57 bits per heavy atom. The maximum atomic E-state index is 13.9. The number of rotatable bonds is 15. The molecule has 4 atom stereocenters. The summed E-state index contributed by atoms with van der Waals surface area (Å²) in [5, 5.41) is 0.777. The second-order valence-corrected chi connectivity index (χ2v) is 11.9. The van der Waals surface area contributed by atoms with Gasteiger partial charge in [-0.25, -0.2) is 9.78 Å². The number of hydrogen-bond donors (Lipinski definition) is 0. The monoisotopic (exact) mass is 626 g/mol. The van der Waals surface area contributed by atoms with Gasteiger partial charge in [-0.2, -0.15) is 0 Å². The Bertz CT molecular complexity index is 1590. The van der Waals surface area contributed by atoms with Gasteiger partial charge in [0.05, 0.1) is 49.5 Å². The second-order valence-electron chi connectivity index (χ2n) is 11.9. The maximum Gasteiger partial charge on any atom is 0.410 e. The highest BCUT2D eigenvalue weighted by molar-refractivity contribution is 5.94. The molecule has 9 nitrogen and oxygen atoms in total. The van der Waals surface area contributed by atoms with Gasteiger partial charge in [-0.3, -0.25) is 14.5 Å². The lowest BCUT2D eigenvalue weighted by atomic mass is 9.92. The van der Waals surface area contributed by atoms with Gasteiger partial charge >= 0.3 is 12.1 Å². The number of hydrogen-bond acceptors (Lipinski definition) is 8. The minimum Gasteiger partial charge on any atom is -0.497 e. The van der Waals surface area contributed by atoms with Crippen molar-refractivity contribution >= 4 is 28.7 Å². The van der Waals surface area contributed by atoms with Crippen LogP contribution in [0, 0.1) is 11.3 Å². The number of likely N-dealkylation sites (tertiary alicyclic amines) is 1. The Morgan fingerprint density at radius 2 is 1.87 bits per heavy atom. The molecule has 1 aliphatic carbocycles. The molecule has 1 amide bonds. The Balaban J connectivity index is 1.42. The summed E-state index contributed by atoms with van der Waals surface area (Å²) in [6.07, 6.45) is 5.52. The first kappa shape index (κ1) is 32.7. The predicted molar refractivity (Wildman–Crippen MR) is 176 cm³/mol. The highest BCUT2D eigenvalue weighted by Crippen LogP contribution is 2.57. The van der Waals surface area contributed by atoms with Crippen molar-refractivity contribution in [3.8, 4) is 22.8 Å². The molecule has 9 heteroatoms. The van der Waals surface area contributed by atoms with E-state index in [1.54, 1.807) is 20.1 Å². The topological polar surface area (TPSA) is 104 Å². The van der Waals surface area contributed by atoms with Crippen molar-refractivity contribution in [3.05, 3.63) is 79.9 Å². The van der Waals surface area contributed by atoms with E-state index in [-0.39, 0.29) is 44.3 Å². The van der Waals surface area contributed by atoms with Crippen molar-refractivity contribution in [1.29, 1.82) is 0 Å². The number of amides is 1. The molecule has 0 bridgehead atoms. The number of ether oxygens (including phenoxy) is 4. The summed E-state index contributed by atoms with van der Waals surface area (Å²) >= 11 is 0. The van der Waals surface area contributed by atoms with Crippen LogP contribution in [0.3, 0.4) is 0 Å². The van der Waals surface area contributed by atoms with Crippen LogP contribution in [-0.4, -0.2) is 66.7 Å². The summed E-state index contributed by atoms with van der Waals surface area (Å²) in [6.45, 7) is 9.93. The number of methoxy groups -OCH3 is 1. The third-order valence-corrected chi connectivity index (χ3v) is 8.83. The number of nitrogens with zero attached hydrogens (tertiary/aromatic N) is 2. The zero-order valence-corrected chi connectivity index (χ0v) is 26.6. The second kappa shape index (κ2) is 14.6. The minimum absolute atomic E-state index is 0.0425. The number of unbranched alkanes of at least 4 members (excludes halogenated alkanes) is 2. The van der Waals surface area contributed by atoms with E-state index >= 15 is 0 Å². The Labute approximate surface area is 270 Å². The fourth-order valence-corrected chi connectivity index (χ4v) is 6.22. The molecule has 2 fully saturated rings. The van der Waals surface area contributed by atoms with Crippen LogP contribution in [0.5, 0.6) is 11.5 Å². The molecule has 0 radical (unpaired) electrons. The fourth-order valence-electron chi connectivity index (χ4n) is 6.22. The van der Waals surface area contributed by atoms with Crippen molar-refractivity contribution in [2.75, 3.05) is 26.9 Å². The van der Waals surface area contributed by atoms with Gasteiger partial charge in [0, 0.05) is 35.9 Å². The van der Waals surface area contributed by atoms with Gasteiger partial charge in [0.25, 0.3) is 0 Å². The van der Waals surface area contributed by atoms with Crippen LogP contribution in [0.2, 0.25) is 0 Å². The molecule has 1 saturated heterocycles. The van der Waals surface area contributed by atoms with E-state index < -0.39 is 29.6 Å². The van der Waals surface area contributed by atoms with Crippen LogP contribution in [0.15, 0.2) is 79.9 Å². The summed E-state index contributed by atoms with van der Waals surface area (Å²) in [5.41, 5.74) is 1.39. The van der Waals surface area contributed by atoms with E-state index in [9.17, 15) is 14.4 Å². The number of carbonyl (C=O) groups excluding carboxylic acids is 3. The van der Waals surface area contributed by atoms with Gasteiger partial charge in [-0.1, -0.05) is 42.5 Å². The third-order valence-electron chi connectivity index (χ3n) is 8.83. The molecular weight excluding hydrogens is 584 g/mol. The SMILES string of the molecule is C=CCCCCOC(=O)N1C[C@H](Oc2cc(-c3ccccc3)nc3cc(OC)ccc23)C[C@H]1C(=O)C[C@]1(C(=O)OCC)C[C@H]1C=C. The molecule has 1 aliphatic heterocycles. The minimum atomic E-state index is -0.945. The lowest BCUT2D eigenvalue weighted by molar-refractivity contribution is -0.152. The Morgan fingerprint density at radius 1 is 1.07 bits per heavy atom. The van der Waals surface area contributed by atoms with Crippen LogP contribution in [-0.2, 0) is 19.1 Å². The van der Waals surface area contributed by atoms with E-state index in [0.29, 0.717) is 29.9 Å². The van der Waals surface area contributed by atoms with Crippen LogP contribution in [0.25, 0.3) is 22.2 Å². The van der Waals surface area contributed by atoms with E-state index in [1.807, 2.05) is 60.7 Å². The van der Waals surface area contributed by atoms with Crippen molar-refractivity contribution in [1.82, 2.24) is 9.88 Å². The zero-order chi connectivity index (χ0) is 32.7. The fraction of sp³-hybridized carbons (Fsp3) is 0.405. The smallest absolute Gasteiger partial charge is 0.410 e. The molecule has 2 heterocycles. The summed E-state index contributed by atoms with van der Waals surface area (Å²) < 4.78 is 23.0. The van der Waals surface area contributed by atoms with Gasteiger partial charge in [0.2, 0.25) is 0 Å². The molecule has 3 aromatic rings. The van der Waals surface area contributed by atoms with Crippen molar-refractivity contribution < 1.29 is 33.3 Å². The Kier molecular flexibility index (Phi) is 10.4. The molecule has 242 valence electrons. The highest BCUT2D eigenvalue weighted by Gasteiger charge is 2.61. The molecule has 0 spiro atoms. The number of esters is 1. The van der Waals surface area contributed by atoms with Crippen LogP contribution in [0.4, 0.5) is 4.79 Å². The zero-order valence-electron chi connectivity index (χ0n) is 26.6. The maximum absolute atomic E-state index is 13.9. The van der Waals surface area contributed by atoms with Crippen molar-refractivity contribution in [2.24, 2.45) is 11.3 Å². The molecule has 0 N–H and O–H groups in total. The first-order valence-electron chi connectivity index (χ1n) is 15.9. The molecule has 2 aliphatic rings. The van der Waals surface area contributed by atoms with Gasteiger partial charge in [-0.15, -0.1) is 13.2 Å². The number of pyridine rings is 1. The summed E-state index contributed by atoms with van der Waals surface area (Å²) in [6, 6.07) is 16.4. The van der Waals surface area contributed by atoms with Crippen molar-refractivity contribution in [2.45, 2.75) is 57.6 Å². The standard InChI is InChI=1S/C37H42N2O7/c1-5-8-9-13-18-45-36(42)39-24-28(20-32(39)33(40)23-37(22-26(37)6-2)35(41)44-7-3)46-34-21-30(25-14-11-10-12-15-25)38-31-19-27(43-4)16-17-29(31)34/h5-6,10-12,14-17,19,21,26,28,32H,1-2,7-9,13,18,20,22-24H2,3-4H3/t26-,28-,32+,37-/m1/s1. The van der Waals surface area contributed by atoms with Gasteiger partial charge < -0.3 is 18.9 Å². The lowest BCUT2D eigenvalue weighted by Crippen LogP contribution is -2.42. The number of carbonyl (C=O) groups is 3. The van der Waals surface area contributed by atoms with Gasteiger partial charge in [-0.05, 0) is 50.7 Å². The molecule has 5 rings (SSSR count). The highest BCUT2D eigenvalue weighted by atomic mass is 16.6. The quantitative estimate of drug-likeness (QED) is 0.102. The Hall–Kier alpha value is -4.66. The number of ketones is 1. The van der Waals surface area contributed by atoms with E-state index in [2.05, 4.69) is 13.2 Å². The molecule has 46 heavy (non-hydrogen) atoms. The number of allylic oxidation sites excluding steroid dienone is 2. The van der Waals surface area contributed by atoms with E-state index in [4.69, 9.17) is 23.9 Å². The van der Waals surface area contributed by atoms with Crippen LogP contribution in [0.1, 0.15) is 45.4 Å². The normalized spacial score (nSPS) is 21.8. The van der Waals surface area contributed by atoms with Crippen LogP contribution < -0.4 is 9.47 Å². The van der Waals surface area contributed by atoms with Gasteiger partial charge in [0.1, 0.15) is 17.6 Å². The molecule has 1 saturated carbocycles.